The Bertz CT molecular complexity index is 506. The van der Waals surface area contributed by atoms with Crippen LogP contribution in [0.25, 0.3) is 0 Å². The van der Waals surface area contributed by atoms with Gasteiger partial charge in [-0.05, 0) is 6.07 Å². The minimum atomic E-state index is -1.67. The summed E-state index contributed by atoms with van der Waals surface area (Å²) in [6.45, 7) is -0.326. The van der Waals surface area contributed by atoms with Gasteiger partial charge in [0, 0.05) is 18.2 Å². The molecule has 2 rings (SSSR count). The van der Waals surface area contributed by atoms with Gasteiger partial charge < -0.3 is 11.1 Å². The molecule has 1 aromatic rings. The number of benzene rings is 1. The highest BCUT2D eigenvalue weighted by Gasteiger charge is 2.48. The summed E-state index contributed by atoms with van der Waals surface area (Å²) in [6.07, 6.45) is 0. The van der Waals surface area contributed by atoms with Crippen LogP contribution in [-0.4, -0.2) is 18.5 Å². The Morgan fingerprint density at radius 2 is 2.00 bits per heavy atom. The van der Waals surface area contributed by atoms with Crippen LogP contribution in [0.4, 0.5) is 13.6 Å². The molecule has 1 aliphatic heterocycles. The van der Waals surface area contributed by atoms with Crippen LogP contribution in [0.5, 0.6) is 0 Å². The van der Waals surface area contributed by atoms with Gasteiger partial charge in [0.05, 0.1) is 0 Å². The fraction of sp³-hybridized carbons (Fsp3) is 0.200. The van der Waals surface area contributed by atoms with Crippen LogP contribution >= 0.6 is 0 Å². The zero-order chi connectivity index (χ0) is 12.6. The number of amides is 3. The number of nitrogens with one attached hydrogen (secondary N) is 2. The second-order valence-electron chi connectivity index (χ2n) is 3.64. The molecule has 0 radical (unpaired) electrons. The normalized spacial score (nSPS) is 23.5. The van der Waals surface area contributed by atoms with Gasteiger partial charge >= 0.3 is 6.03 Å². The van der Waals surface area contributed by atoms with Crippen LogP contribution in [0.1, 0.15) is 5.56 Å². The minimum Gasteiger partial charge on any atom is -0.327 e. The maximum absolute atomic E-state index is 13.6. The molecule has 3 amide bonds. The number of rotatable bonds is 2. The highest BCUT2D eigenvalue weighted by atomic mass is 19.1. The first-order valence-electron chi connectivity index (χ1n) is 4.79. The van der Waals surface area contributed by atoms with Crippen molar-refractivity contribution in [2.75, 3.05) is 6.54 Å². The standard InChI is InChI=1S/C10H9F2N3O2/c11-5-1-2-6(7(12)3-5)10(4-13)8(16)14-9(17)15-10/h1-3H,4,13H2,(H2,14,15,16,17). The van der Waals surface area contributed by atoms with E-state index in [1.807, 2.05) is 5.32 Å². The quantitative estimate of drug-likeness (QED) is 0.635. The van der Waals surface area contributed by atoms with E-state index in [0.29, 0.717) is 6.07 Å². The Balaban J connectivity index is 2.56. The van der Waals surface area contributed by atoms with Crippen LogP contribution in [0.15, 0.2) is 18.2 Å². The molecule has 0 spiro atoms. The third-order valence-corrected chi connectivity index (χ3v) is 2.64. The Labute approximate surface area is 95.0 Å². The van der Waals surface area contributed by atoms with E-state index in [1.165, 1.54) is 0 Å². The van der Waals surface area contributed by atoms with Gasteiger partial charge in [0.1, 0.15) is 11.6 Å². The minimum absolute atomic E-state index is 0.162. The first-order chi connectivity index (χ1) is 7.99. The molecule has 1 unspecified atom stereocenters. The third kappa shape index (κ3) is 1.64. The fourth-order valence-electron chi connectivity index (χ4n) is 1.77. The molecular formula is C10H9F2N3O2. The van der Waals surface area contributed by atoms with Crippen LogP contribution in [0.2, 0.25) is 0 Å². The van der Waals surface area contributed by atoms with E-state index in [4.69, 9.17) is 5.73 Å². The average Bonchev–Trinajstić information content (AvgIpc) is 2.54. The van der Waals surface area contributed by atoms with Crippen molar-refractivity contribution in [2.24, 2.45) is 5.73 Å². The van der Waals surface area contributed by atoms with Crippen molar-refractivity contribution in [1.29, 1.82) is 0 Å². The van der Waals surface area contributed by atoms with Gasteiger partial charge in [-0.25, -0.2) is 13.6 Å². The van der Waals surface area contributed by atoms with E-state index in [-0.39, 0.29) is 12.1 Å². The smallest absolute Gasteiger partial charge is 0.322 e. The van der Waals surface area contributed by atoms with Crippen LogP contribution in [-0.2, 0) is 10.3 Å². The largest absolute Gasteiger partial charge is 0.327 e. The molecule has 0 aromatic heterocycles. The molecule has 4 N–H and O–H groups in total. The maximum Gasteiger partial charge on any atom is 0.322 e. The molecule has 7 heteroatoms. The van der Waals surface area contributed by atoms with E-state index in [1.54, 1.807) is 0 Å². The van der Waals surface area contributed by atoms with Gasteiger partial charge in [-0.15, -0.1) is 0 Å². The summed E-state index contributed by atoms with van der Waals surface area (Å²) in [5.74, 6) is -2.47. The van der Waals surface area contributed by atoms with Crippen molar-refractivity contribution in [2.45, 2.75) is 5.54 Å². The lowest BCUT2D eigenvalue weighted by atomic mass is 9.89. The van der Waals surface area contributed by atoms with E-state index in [2.05, 4.69) is 5.32 Å². The Kier molecular flexibility index (Phi) is 2.55. The molecule has 90 valence electrons. The van der Waals surface area contributed by atoms with Crippen molar-refractivity contribution >= 4 is 11.9 Å². The van der Waals surface area contributed by atoms with Crippen molar-refractivity contribution in [3.05, 3.63) is 35.4 Å². The van der Waals surface area contributed by atoms with E-state index in [9.17, 15) is 18.4 Å². The number of halogens is 2. The summed E-state index contributed by atoms with van der Waals surface area (Å²) >= 11 is 0. The summed E-state index contributed by atoms with van der Waals surface area (Å²) in [5, 5.41) is 4.23. The summed E-state index contributed by atoms with van der Waals surface area (Å²) < 4.78 is 26.4. The van der Waals surface area contributed by atoms with Crippen molar-refractivity contribution in [1.82, 2.24) is 10.6 Å². The van der Waals surface area contributed by atoms with Crippen molar-refractivity contribution in [3.63, 3.8) is 0 Å². The number of carbonyl (C=O) groups is 2. The van der Waals surface area contributed by atoms with Crippen LogP contribution in [0, 0.1) is 11.6 Å². The van der Waals surface area contributed by atoms with E-state index in [0.717, 1.165) is 12.1 Å². The molecule has 1 fully saturated rings. The summed E-state index contributed by atoms with van der Waals surface area (Å²) in [7, 11) is 0. The van der Waals surface area contributed by atoms with Gasteiger partial charge in [-0.3, -0.25) is 10.1 Å². The Morgan fingerprint density at radius 1 is 1.29 bits per heavy atom. The monoisotopic (exact) mass is 241 g/mol. The zero-order valence-corrected chi connectivity index (χ0v) is 8.59. The molecule has 0 bridgehead atoms. The Hall–Kier alpha value is -2.02. The van der Waals surface area contributed by atoms with Crippen molar-refractivity contribution < 1.29 is 18.4 Å². The van der Waals surface area contributed by atoms with Gasteiger partial charge in [-0.2, -0.15) is 0 Å². The number of imide groups is 1. The maximum atomic E-state index is 13.6. The van der Waals surface area contributed by atoms with Crippen LogP contribution in [0.3, 0.4) is 0 Å². The van der Waals surface area contributed by atoms with Gasteiger partial charge in [0.15, 0.2) is 5.54 Å². The second kappa shape index (κ2) is 3.77. The topological polar surface area (TPSA) is 84.2 Å². The number of carbonyl (C=O) groups excluding carboxylic acids is 2. The van der Waals surface area contributed by atoms with Crippen LogP contribution < -0.4 is 16.4 Å². The van der Waals surface area contributed by atoms with Crippen molar-refractivity contribution in [3.8, 4) is 0 Å². The lowest BCUT2D eigenvalue weighted by Crippen LogP contribution is -2.50. The number of hydrogen-bond acceptors (Lipinski definition) is 3. The average molecular weight is 241 g/mol. The molecule has 0 saturated carbocycles. The lowest BCUT2D eigenvalue weighted by Gasteiger charge is -2.24. The van der Waals surface area contributed by atoms with Gasteiger partial charge in [-0.1, -0.05) is 6.07 Å². The molecule has 1 atom stereocenters. The summed E-state index contributed by atoms with van der Waals surface area (Å²) in [4.78, 5) is 22.7. The Morgan fingerprint density at radius 3 is 2.47 bits per heavy atom. The molecule has 1 aliphatic rings. The highest BCUT2D eigenvalue weighted by Crippen LogP contribution is 2.26. The van der Waals surface area contributed by atoms with Gasteiger partial charge in [0.2, 0.25) is 0 Å². The molecule has 1 heterocycles. The first kappa shape index (κ1) is 11.5. The molecule has 1 aromatic carbocycles. The zero-order valence-electron chi connectivity index (χ0n) is 8.59. The number of hydrogen-bond donors (Lipinski definition) is 3. The molecule has 1 saturated heterocycles. The molecular weight excluding hydrogens is 232 g/mol. The summed E-state index contributed by atoms with van der Waals surface area (Å²) in [5.41, 5.74) is 3.59. The van der Waals surface area contributed by atoms with Gasteiger partial charge in [0.25, 0.3) is 5.91 Å². The second-order valence-corrected chi connectivity index (χ2v) is 3.64. The SMILES string of the molecule is NCC1(c2ccc(F)cc2F)NC(=O)NC1=O. The van der Waals surface area contributed by atoms with E-state index >= 15 is 0 Å². The summed E-state index contributed by atoms with van der Waals surface area (Å²) in [6, 6.07) is 1.95. The number of nitrogens with two attached hydrogens (primary N) is 1. The van der Waals surface area contributed by atoms with E-state index < -0.39 is 29.1 Å². The third-order valence-electron chi connectivity index (χ3n) is 2.64. The molecule has 5 nitrogen and oxygen atoms in total. The first-order valence-corrected chi connectivity index (χ1v) is 4.79. The predicted octanol–water partition coefficient (Wildman–Crippen LogP) is -0.0418. The number of urea groups is 1. The molecule has 0 aliphatic carbocycles. The predicted molar refractivity (Wildman–Crippen MR) is 53.8 cm³/mol. The molecule has 17 heavy (non-hydrogen) atoms. The fourth-order valence-corrected chi connectivity index (χ4v) is 1.77. The highest BCUT2D eigenvalue weighted by molar-refractivity contribution is 6.07. The lowest BCUT2D eigenvalue weighted by molar-refractivity contribution is -0.124.